The predicted molar refractivity (Wildman–Crippen MR) is 127 cm³/mol. The van der Waals surface area contributed by atoms with Crippen LogP contribution in [-0.4, -0.2) is 23.0 Å². The van der Waals surface area contributed by atoms with E-state index >= 15 is 0 Å². The zero-order valence-electron chi connectivity index (χ0n) is 18.4. The fraction of sp³-hybridized carbons (Fsp3) is 0.417. The zero-order valence-corrected chi connectivity index (χ0v) is 19.2. The van der Waals surface area contributed by atoms with Gasteiger partial charge in [-0.15, -0.1) is 0 Å². The van der Waals surface area contributed by atoms with Crippen LogP contribution in [0.25, 0.3) is 0 Å². The van der Waals surface area contributed by atoms with Gasteiger partial charge in [-0.05, 0) is 55.2 Å². The number of carbonyl (C=O) groups excluding carboxylic acids is 1. The molecule has 7 nitrogen and oxygen atoms in total. The molecule has 3 rings (SSSR count). The van der Waals surface area contributed by atoms with E-state index in [1.54, 1.807) is 42.7 Å². The number of amides is 1. The molecule has 0 radical (unpaired) electrons. The number of anilines is 1. The van der Waals surface area contributed by atoms with Gasteiger partial charge in [-0.3, -0.25) is 15.1 Å². The van der Waals surface area contributed by atoms with E-state index in [1.807, 2.05) is 12.3 Å². The molecule has 1 unspecified atom stereocenters. The van der Waals surface area contributed by atoms with Crippen LogP contribution in [0.15, 0.2) is 53.8 Å². The number of hydrogen-bond acceptors (Lipinski definition) is 4. The number of nitriles is 1. The topological polar surface area (TPSA) is 102 Å². The molecule has 32 heavy (non-hydrogen) atoms. The second kappa shape index (κ2) is 11.0. The Balaban J connectivity index is 1.91. The summed E-state index contributed by atoms with van der Waals surface area (Å²) < 4.78 is 0. The highest BCUT2D eigenvalue weighted by atomic mass is 35.5. The van der Waals surface area contributed by atoms with Crippen molar-refractivity contribution in [2.75, 3.05) is 5.32 Å². The molecule has 1 aromatic heterocycles. The Labute approximate surface area is 194 Å². The first kappa shape index (κ1) is 23.6. The number of aliphatic imine (C=N–C) groups is 1. The Morgan fingerprint density at radius 2 is 1.94 bits per heavy atom. The van der Waals surface area contributed by atoms with Crippen molar-refractivity contribution < 1.29 is 4.79 Å². The lowest BCUT2D eigenvalue weighted by atomic mass is 9.69. The average molecular weight is 453 g/mol. The van der Waals surface area contributed by atoms with Crippen molar-refractivity contribution in [1.29, 1.82) is 5.26 Å². The van der Waals surface area contributed by atoms with E-state index in [2.05, 4.69) is 34.8 Å². The highest BCUT2D eigenvalue weighted by Crippen LogP contribution is 2.41. The van der Waals surface area contributed by atoms with Gasteiger partial charge < -0.3 is 10.6 Å². The minimum absolute atomic E-state index is 0.239. The summed E-state index contributed by atoms with van der Waals surface area (Å²) in [5, 5.41) is 18.6. The number of guanidine groups is 1. The fourth-order valence-electron chi connectivity index (χ4n) is 4.11. The summed E-state index contributed by atoms with van der Waals surface area (Å²) in [7, 11) is 0. The van der Waals surface area contributed by atoms with Crippen molar-refractivity contribution in [3.63, 3.8) is 0 Å². The normalized spacial score (nSPS) is 16.0. The first-order valence-corrected chi connectivity index (χ1v) is 11.2. The molecule has 1 heterocycles. The molecular formula is C24H29ClN6O. The molecule has 0 bridgehead atoms. The quantitative estimate of drug-likeness (QED) is 0.249. The van der Waals surface area contributed by atoms with Gasteiger partial charge >= 0.3 is 0 Å². The highest BCUT2D eigenvalue weighted by Gasteiger charge is 2.39. The van der Waals surface area contributed by atoms with Crippen LogP contribution in [-0.2, 0) is 0 Å². The standard InChI is InChI=1S/C24H29ClN6O/c1-24(2,18-7-4-3-5-8-18)22(30-21(32)17-10-12-19(25)13-11-17)31-23(28-16-26)29-20-9-6-14-27-15-20/h6,9-15,18,22H,3-5,7-8H2,1-2H3,(H,30,32)(H2,28,29,31). The largest absolute Gasteiger partial charge is 0.330 e. The molecule has 0 aliphatic heterocycles. The van der Waals surface area contributed by atoms with Crippen LogP contribution < -0.4 is 16.0 Å². The summed E-state index contributed by atoms with van der Waals surface area (Å²) >= 11 is 5.97. The average Bonchev–Trinajstić information content (AvgIpc) is 2.80. The monoisotopic (exact) mass is 452 g/mol. The molecule has 168 valence electrons. The molecule has 8 heteroatoms. The van der Waals surface area contributed by atoms with Crippen LogP contribution in [0, 0.1) is 22.8 Å². The first-order chi connectivity index (χ1) is 15.4. The number of hydrogen-bond donors (Lipinski definition) is 3. The molecule has 1 saturated carbocycles. The number of aromatic nitrogens is 1. The van der Waals surface area contributed by atoms with E-state index in [1.165, 1.54) is 19.3 Å². The smallest absolute Gasteiger partial charge is 0.252 e. The van der Waals surface area contributed by atoms with Crippen molar-refractivity contribution >= 4 is 29.2 Å². The van der Waals surface area contributed by atoms with Gasteiger partial charge in [0.05, 0.1) is 11.9 Å². The molecule has 1 amide bonds. The molecule has 3 N–H and O–H groups in total. The lowest BCUT2D eigenvalue weighted by Gasteiger charge is -2.41. The summed E-state index contributed by atoms with van der Waals surface area (Å²) in [4.78, 5) is 21.9. The number of nitrogens with one attached hydrogen (secondary N) is 3. The van der Waals surface area contributed by atoms with Gasteiger partial charge in [-0.25, -0.2) is 4.99 Å². The highest BCUT2D eigenvalue weighted by molar-refractivity contribution is 6.30. The summed E-state index contributed by atoms with van der Waals surface area (Å²) in [6.45, 7) is 4.26. The molecule has 1 aliphatic carbocycles. The summed E-state index contributed by atoms with van der Waals surface area (Å²) in [6, 6.07) is 10.4. The van der Waals surface area contributed by atoms with E-state index in [-0.39, 0.29) is 17.3 Å². The summed E-state index contributed by atoms with van der Waals surface area (Å²) in [6.07, 6.45) is 10.4. The molecular weight excluding hydrogens is 424 g/mol. The van der Waals surface area contributed by atoms with E-state index in [9.17, 15) is 10.1 Å². The fourth-order valence-corrected chi connectivity index (χ4v) is 4.24. The van der Waals surface area contributed by atoms with Gasteiger partial charge in [0.25, 0.3) is 5.91 Å². The minimum Gasteiger partial charge on any atom is -0.330 e. The van der Waals surface area contributed by atoms with E-state index < -0.39 is 6.17 Å². The SMILES string of the molecule is CC(C)(C1CCCCC1)C(N=C(NC#N)Nc1cccnc1)NC(=O)c1ccc(Cl)cc1. The maximum absolute atomic E-state index is 13.1. The van der Waals surface area contributed by atoms with Crippen LogP contribution >= 0.6 is 11.6 Å². The van der Waals surface area contributed by atoms with Crippen LogP contribution in [0.5, 0.6) is 0 Å². The Morgan fingerprint density at radius 1 is 1.22 bits per heavy atom. The van der Waals surface area contributed by atoms with Gasteiger partial charge in [-0.2, -0.15) is 5.26 Å². The van der Waals surface area contributed by atoms with Gasteiger partial charge in [0.1, 0.15) is 6.17 Å². The number of pyridine rings is 1. The van der Waals surface area contributed by atoms with Crippen molar-refractivity contribution in [2.24, 2.45) is 16.3 Å². The van der Waals surface area contributed by atoms with Crippen LogP contribution in [0.2, 0.25) is 5.02 Å². The summed E-state index contributed by atoms with van der Waals surface area (Å²) in [5.74, 6) is 0.417. The van der Waals surface area contributed by atoms with Crippen molar-refractivity contribution in [1.82, 2.24) is 15.6 Å². The Kier molecular flexibility index (Phi) is 8.07. The van der Waals surface area contributed by atoms with Crippen molar-refractivity contribution in [3.05, 3.63) is 59.4 Å². The molecule has 1 aliphatic rings. The van der Waals surface area contributed by atoms with E-state index in [0.717, 1.165) is 12.8 Å². The predicted octanol–water partition coefficient (Wildman–Crippen LogP) is 4.94. The minimum atomic E-state index is -0.561. The third-order valence-electron chi connectivity index (χ3n) is 6.09. The Morgan fingerprint density at radius 3 is 2.56 bits per heavy atom. The summed E-state index contributed by atoms with van der Waals surface area (Å²) in [5.41, 5.74) is 0.859. The third kappa shape index (κ3) is 6.21. The maximum atomic E-state index is 13.1. The van der Waals surface area contributed by atoms with Gasteiger partial charge in [-0.1, -0.05) is 44.7 Å². The Bertz CT molecular complexity index is 962. The van der Waals surface area contributed by atoms with Crippen LogP contribution in [0.4, 0.5) is 5.69 Å². The maximum Gasteiger partial charge on any atom is 0.252 e. The Hall–Kier alpha value is -3.11. The number of carbonyl (C=O) groups is 1. The lowest BCUT2D eigenvalue weighted by Crippen LogP contribution is -2.49. The molecule has 1 atom stereocenters. The van der Waals surface area contributed by atoms with Gasteiger partial charge in [0.15, 0.2) is 6.19 Å². The lowest BCUT2D eigenvalue weighted by molar-refractivity contribution is 0.0781. The van der Waals surface area contributed by atoms with Crippen molar-refractivity contribution in [2.45, 2.75) is 52.1 Å². The molecule has 0 spiro atoms. The first-order valence-electron chi connectivity index (χ1n) is 10.9. The van der Waals surface area contributed by atoms with Crippen LogP contribution in [0.3, 0.4) is 0 Å². The second-order valence-corrected chi connectivity index (χ2v) is 9.06. The molecule has 1 aromatic carbocycles. The third-order valence-corrected chi connectivity index (χ3v) is 6.35. The number of benzene rings is 1. The zero-order chi connectivity index (χ0) is 23.0. The van der Waals surface area contributed by atoms with Crippen molar-refractivity contribution in [3.8, 4) is 6.19 Å². The van der Waals surface area contributed by atoms with Crippen LogP contribution in [0.1, 0.15) is 56.3 Å². The number of nitrogens with zero attached hydrogens (tertiary/aromatic N) is 3. The van der Waals surface area contributed by atoms with Gasteiger partial charge in [0, 0.05) is 22.2 Å². The second-order valence-electron chi connectivity index (χ2n) is 8.62. The number of rotatable bonds is 6. The molecule has 1 fully saturated rings. The number of halogens is 1. The van der Waals surface area contributed by atoms with E-state index in [4.69, 9.17) is 16.6 Å². The van der Waals surface area contributed by atoms with Gasteiger partial charge in [0.2, 0.25) is 5.96 Å². The molecule has 0 saturated heterocycles. The molecule has 2 aromatic rings. The van der Waals surface area contributed by atoms with E-state index in [0.29, 0.717) is 22.2 Å².